The van der Waals surface area contributed by atoms with Crippen molar-refractivity contribution in [3.8, 4) is 40.0 Å². The number of likely N-dealkylation sites (N-methyl/N-ethyl adjacent to an activating group) is 1. The average Bonchev–Trinajstić information content (AvgIpc) is 3.46. The van der Waals surface area contributed by atoms with E-state index in [0.717, 1.165) is 29.8 Å². The van der Waals surface area contributed by atoms with Gasteiger partial charge in [0.25, 0.3) is 0 Å². The van der Waals surface area contributed by atoms with Gasteiger partial charge in [-0.05, 0) is 34.0 Å². The second-order valence-electron chi connectivity index (χ2n) is 9.36. The van der Waals surface area contributed by atoms with Crippen LogP contribution in [0.4, 0.5) is 11.6 Å². The first-order chi connectivity index (χ1) is 18.4. The number of aromatic nitrogens is 7. The van der Waals surface area contributed by atoms with Gasteiger partial charge in [-0.15, -0.1) is 5.10 Å². The molecule has 5 heterocycles. The Labute approximate surface area is 221 Å². The van der Waals surface area contributed by atoms with Crippen LogP contribution in [-0.4, -0.2) is 79.4 Å². The van der Waals surface area contributed by atoms with Crippen molar-refractivity contribution in [3.05, 3.63) is 36.9 Å². The standard InChI is InChI=1S/C26H33N9O3/c1-6-36-25-20(16-35(32-25)11-10-33(3)4)18-14-28-23-13-21(18)38-17(2)8-12-37-26-19(15-29-34(26)5)24-27-9-7-22(30-23)31-24/h7,9,13-17H,6,8,10-12H2,1-5H3,(H,27,28,30,31)/t17-/m0/s1. The fraction of sp³-hybridized carbons (Fsp3) is 0.423. The number of fused-ring (bicyclic) bond motifs is 6. The van der Waals surface area contributed by atoms with Gasteiger partial charge in [-0.25, -0.2) is 19.6 Å². The molecule has 12 heteroatoms. The highest BCUT2D eigenvalue weighted by molar-refractivity contribution is 5.75. The Bertz CT molecular complexity index is 1400. The van der Waals surface area contributed by atoms with Crippen LogP contribution in [0.5, 0.6) is 17.5 Å². The van der Waals surface area contributed by atoms with Gasteiger partial charge in [0.05, 0.1) is 37.6 Å². The molecule has 0 saturated heterocycles. The van der Waals surface area contributed by atoms with Gasteiger partial charge in [0, 0.05) is 50.2 Å². The van der Waals surface area contributed by atoms with Gasteiger partial charge >= 0.3 is 0 Å². The van der Waals surface area contributed by atoms with E-state index in [1.54, 1.807) is 29.3 Å². The Morgan fingerprint density at radius 2 is 2.03 bits per heavy atom. The summed E-state index contributed by atoms with van der Waals surface area (Å²) in [7, 11) is 5.91. The number of ether oxygens (including phenoxy) is 3. The summed E-state index contributed by atoms with van der Waals surface area (Å²) in [6.45, 7) is 6.49. The maximum Gasteiger partial charge on any atom is 0.240 e. The largest absolute Gasteiger partial charge is 0.490 e. The van der Waals surface area contributed by atoms with Gasteiger partial charge in [0.2, 0.25) is 11.8 Å². The van der Waals surface area contributed by atoms with Gasteiger partial charge in [-0.2, -0.15) is 5.10 Å². The van der Waals surface area contributed by atoms with Crippen LogP contribution in [0.15, 0.2) is 36.9 Å². The summed E-state index contributed by atoms with van der Waals surface area (Å²) in [6, 6.07) is 3.66. The first-order valence-electron chi connectivity index (χ1n) is 12.7. The third-order valence-corrected chi connectivity index (χ3v) is 6.07. The van der Waals surface area contributed by atoms with Crippen molar-refractivity contribution in [1.29, 1.82) is 0 Å². The maximum atomic E-state index is 6.46. The van der Waals surface area contributed by atoms with E-state index < -0.39 is 0 Å². The van der Waals surface area contributed by atoms with Gasteiger partial charge in [0.15, 0.2) is 5.82 Å². The summed E-state index contributed by atoms with van der Waals surface area (Å²) >= 11 is 0. The summed E-state index contributed by atoms with van der Waals surface area (Å²) in [4.78, 5) is 15.9. The maximum absolute atomic E-state index is 6.46. The van der Waals surface area contributed by atoms with E-state index in [1.807, 2.05) is 51.9 Å². The molecule has 1 aliphatic rings. The molecule has 0 aliphatic carbocycles. The quantitative estimate of drug-likeness (QED) is 0.406. The minimum absolute atomic E-state index is 0.142. The van der Waals surface area contributed by atoms with E-state index in [2.05, 4.69) is 35.4 Å². The fourth-order valence-electron chi connectivity index (χ4n) is 4.09. The van der Waals surface area contributed by atoms with Gasteiger partial charge in [-0.3, -0.25) is 4.68 Å². The molecule has 1 N–H and O–H groups in total. The van der Waals surface area contributed by atoms with Crippen molar-refractivity contribution >= 4 is 11.6 Å². The molecule has 1 atom stereocenters. The van der Waals surface area contributed by atoms with E-state index in [1.165, 1.54) is 0 Å². The molecule has 38 heavy (non-hydrogen) atoms. The molecule has 0 fully saturated rings. The second-order valence-corrected chi connectivity index (χ2v) is 9.36. The summed E-state index contributed by atoms with van der Waals surface area (Å²) in [5.74, 6) is 3.52. The number of anilines is 2. The molecule has 4 bridgehead atoms. The Morgan fingerprint density at radius 1 is 1.16 bits per heavy atom. The van der Waals surface area contributed by atoms with Crippen LogP contribution in [0.1, 0.15) is 20.3 Å². The molecule has 0 saturated carbocycles. The van der Waals surface area contributed by atoms with Gasteiger partial charge in [0.1, 0.15) is 22.9 Å². The molecule has 4 aromatic rings. The normalized spacial score (nSPS) is 15.2. The van der Waals surface area contributed by atoms with Gasteiger partial charge < -0.3 is 24.4 Å². The summed E-state index contributed by atoms with van der Waals surface area (Å²) in [5.41, 5.74) is 2.35. The van der Waals surface area contributed by atoms with Crippen molar-refractivity contribution in [3.63, 3.8) is 0 Å². The number of rotatable bonds is 6. The Morgan fingerprint density at radius 3 is 2.84 bits per heavy atom. The zero-order chi connectivity index (χ0) is 26.6. The van der Waals surface area contributed by atoms with E-state index in [4.69, 9.17) is 14.2 Å². The molecule has 0 radical (unpaired) electrons. The van der Waals surface area contributed by atoms with Crippen molar-refractivity contribution in [1.82, 2.24) is 39.4 Å². The first kappa shape index (κ1) is 25.5. The number of nitrogens with one attached hydrogen (secondary N) is 1. The monoisotopic (exact) mass is 519 g/mol. The van der Waals surface area contributed by atoms with Crippen LogP contribution in [0.3, 0.4) is 0 Å². The highest BCUT2D eigenvalue weighted by atomic mass is 16.5. The summed E-state index contributed by atoms with van der Waals surface area (Å²) < 4.78 is 22.1. The molecule has 200 valence electrons. The van der Waals surface area contributed by atoms with Crippen molar-refractivity contribution in [2.24, 2.45) is 7.05 Å². The highest BCUT2D eigenvalue weighted by Gasteiger charge is 2.21. The Kier molecular flexibility index (Phi) is 7.40. The fourth-order valence-corrected chi connectivity index (χ4v) is 4.09. The lowest BCUT2D eigenvalue weighted by molar-refractivity contribution is 0.173. The lowest BCUT2D eigenvalue weighted by Crippen LogP contribution is -2.18. The number of aryl methyl sites for hydroxylation is 1. The van der Waals surface area contributed by atoms with Crippen LogP contribution >= 0.6 is 0 Å². The molecule has 0 amide bonds. The topological polar surface area (TPSA) is 117 Å². The molecule has 0 spiro atoms. The summed E-state index contributed by atoms with van der Waals surface area (Å²) in [6.07, 6.45) is 7.67. The highest BCUT2D eigenvalue weighted by Crippen LogP contribution is 2.38. The Balaban J connectivity index is 1.54. The molecule has 12 nitrogen and oxygen atoms in total. The minimum atomic E-state index is -0.142. The van der Waals surface area contributed by atoms with Crippen LogP contribution < -0.4 is 19.5 Å². The molecular formula is C26H33N9O3. The van der Waals surface area contributed by atoms with E-state index in [-0.39, 0.29) is 6.10 Å². The van der Waals surface area contributed by atoms with Crippen LogP contribution in [0.25, 0.3) is 22.5 Å². The molecule has 5 rings (SSSR count). The predicted octanol–water partition coefficient (Wildman–Crippen LogP) is 3.39. The zero-order valence-electron chi connectivity index (χ0n) is 22.4. The number of hydrogen-bond donors (Lipinski definition) is 1. The predicted molar refractivity (Wildman–Crippen MR) is 143 cm³/mol. The third-order valence-electron chi connectivity index (χ3n) is 6.07. The van der Waals surface area contributed by atoms with Crippen LogP contribution in [-0.2, 0) is 13.6 Å². The van der Waals surface area contributed by atoms with Crippen LogP contribution in [0, 0.1) is 0 Å². The van der Waals surface area contributed by atoms with Crippen LogP contribution in [0.2, 0.25) is 0 Å². The number of hydrogen-bond acceptors (Lipinski definition) is 10. The lowest BCUT2D eigenvalue weighted by Gasteiger charge is -2.19. The average molecular weight is 520 g/mol. The van der Waals surface area contributed by atoms with E-state index >= 15 is 0 Å². The van der Waals surface area contributed by atoms with Crippen molar-refractivity contribution < 1.29 is 14.2 Å². The molecular weight excluding hydrogens is 486 g/mol. The minimum Gasteiger partial charge on any atom is -0.490 e. The second kappa shape index (κ2) is 11.1. The number of nitrogens with zero attached hydrogens (tertiary/aromatic N) is 8. The SMILES string of the molecule is CCOc1nn(CCN(C)C)cc1-c1cnc2cc1O[C@@H](C)CCOc1c(cnn1C)-c1nccc(n1)N2. The van der Waals surface area contributed by atoms with Crippen molar-refractivity contribution in [2.75, 3.05) is 39.2 Å². The molecule has 0 aromatic carbocycles. The Hall–Kier alpha value is -4.19. The van der Waals surface area contributed by atoms with E-state index in [9.17, 15) is 0 Å². The zero-order valence-corrected chi connectivity index (χ0v) is 22.4. The number of pyridine rings is 1. The smallest absolute Gasteiger partial charge is 0.240 e. The first-order valence-corrected chi connectivity index (χ1v) is 12.7. The molecule has 1 aliphatic heterocycles. The third kappa shape index (κ3) is 5.54. The lowest BCUT2D eigenvalue weighted by atomic mass is 10.1. The van der Waals surface area contributed by atoms with Gasteiger partial charge in [-0.1, -0.05) is 0 Å². The molecule has 4 aromatic heterocycles. The summed E-state index contributed by atoms with van der Waals surface area (Å²) in [5, 5.41) is 12.3. The van der Waals surface area contributed by atoms with E-state index in [0.29, 0.717) is 54.6 Å². The van der Waals surface area contributed by atoms with Crippen molar-refractivity contribution in [2.45, 2.75) is 32.9 Å². The molecule has 0 unspecified atom stereocenters.